The van der Waals surface area contributed by atoms with E-state index in [2.05, 4.69) is 15.0 Å². The Morgan fingerprint density at radius 3 is 2.90 bits per heavy atom. The average molecular weight is 287 g/mol. The molecule has 5 nitrogen and oxygen atoms in total. The van der Waals surface area contributed by atoms with E-state index in [1.54, 1.807) is 0 Å². The highest BCUT2D eigenvalue weighted by Gasteiger charge is 2.28. The highest BCUT2D eigenvalue weighted by Crippen LogP contribution is 2.28. The van der Waals surface area contributed by atoms with Gasteiger partial charge in [0.2, 0.25) is 0 Å². The van der Waals surface area contributed by atoms with Crippen LogP contribution in [0.2, 0.25) is 0 Å². The van der Waals surface area contributed by atoms with Gasteiger partial charge in [0.15, 0.2) is 5.82 Å². The molecule has 1 fully saturated rings. The smallest absolute Gasteiger partial charge is 0.257 e. The molecule has 0 spiro atoms. The molecule has 1 aromatic heterocycles. The summed E-state index contributed by atoms with van der Waals surface area (Å²) in [5.74, 6) is 1.86. The van der Waals surface area contributed by atoms with E-state index in [1.807, 2.05) is 38.2 Å². The van der Waals surface area contributed by atoms with Crippen LogP contribution in [0.5, 0.6) is 0 Å². The average Bonchev–Trinajstić information content (AvgIpc) is 2.85. The van der Waals surface area contributed by atoms with Crippen LogP contribution in [0, 0.1) is 12.8 Å². The van der Waals surface area contributed by atoms with E-state index in [4.69, 9.17) is 4.52 Å². The molecule has 0 unspecified atom stereocenters. The molecule has 1 N–H and O–H groups in total. The third-order valence-electron chi connectivity index (χ3n) is 3.93. The van der Waals surface area contributed by atoms with Crippen LogP contribution in [0.3, 0.4) is 0 Å². The number of nitrogens with zero attached hydrogens (tertiary/aromatic N) is 3. The van der Waals surface area contributed by atoms with Gasteiger partial charge in [-0.3, -0.25) is 4.90 Å². The van der Waals surface area contributed by atoms with Crippen molar-refractivity contribution in [3.8, 4) is 11.5 Å². The van der Waals surface area contributed by atoms with Crippen molar-refractivity contribution < 1.29 is 9.63 Å². The van der Waals surface area contributed by atoms with Gasteiger partial charge < -0.3 is 9.63 Å². The maximum Gasteiger partial charge on any atom is 0.257 e. The van der Waals surface area contributed by atoms with Crippen LogP contribution in [0.1, 0.15) is 24.2 Å². The Hall–Kier alpha value is -1.72. The van der Waals surface area contributed by atoms with Gasteiger partial charge in [-0.15, -0.1) is 0 Å². The van der Waals surface area contributed by atoms with Crippen molar-refractivity contribution in [2.75, 3.05) is 13.6 Å². The van der Waals surface area contributed by atoms with E-state index in [0.29, 0.717) is 24.2 Å². The largest absolute Gasteiger partial charge is 0.393 e. The molecule has 3 rings (SSSR count). The Morgan fingerprint density at radius 2 is 2.19 bits per heavy atom. The number of hydrogen-bond acceptors (Lipinski definition) is 5. The molecule has 1 aromatic carbocycles. The van der Waals surface area contributed by atoms with Gasteiger partial charge in [0.05, 0.1) is 12.6 Å². The quantitative estimate of drug-likeness (QED) is 0.914. The molecular weight excluding hydrogens is 266 g/mol. The summed E-state index contributed by atoms with van der Waals surface area (Å²) >= 11 is 0. The van der Waals surface area contributed by atoms with E-state index in [1.165, 1.54) is 5.56 Å². The summed E-state index contributed by atoms with van der Waals surface area (Å²) in [5.41, 5.74) is 2.13. The predicted molar refractivity (Wildman–Crippen MR) is 79.5 cm³/mol. The molecule has 0 amide bonds. The van der Waals surface area contributed by atoms with Gasteiger partial charge >= 0.3 is 0 Å². The van der Waals surface area contributed by atoms with Crippen LogP contribution in [-0.2, 0) is 6.54 Å². The van der Waals surface area contributed by atoms with Crippen LogP contribution >= 0.6 is 0 Å². The molecule has 0 radical (unpaired) electrons. The second kappa shape index (κ2) is 5.95. The summed E-state index contributed by atoms with van der Waals surface area (Å²) in [6, 6.07) is 8.05. The molecule has 1 saturated carbocycles. The molecule has 5 heteroatoms. The van der Waals surface area contributed by atoms with Gasteiger partial charge in [-0.05, 0) is 44.9 Å². The van der Waals surface area contributed by atoms with E-state index < -0.39 is 0 Å². The fourth-order valence-electron chi connectivity index (χ4n) is 2.81. The van der Waals surface area contributed by atoms with Crippen molar-refractivity contribution in [1.29, 1.82) is 0 Å². The van der Waals surface area contributed by atoms with Gasteiger partial charge in [0.25, 0.3) is 5.89 Å². The first-order valence-corrected chi connectivity index (χ1v) is 7.36. The Balaban J connectivity index is 1.60. The summed E-state index contributed by atoms with van der Waals surface area (Å²) in [6.07, 6.45) is 1.72. The maximum absolute atomic E-state index is 9.31. The lowest BCUT2D eigenvalue weighted by molar-refractivity contribution is 0.0270. The lowest BCUT2D eigenvalue weighted by Crippen LogP contribution is -2.36. The van der Waals surface area contributed by atoms with Crippen molar-refractivity contribution in [2.24, 2.45) is 5.92 Å². The summed E-state index contributed by atoms with van der Waals surface area (Å²) in [6.45, 7) is 3.68. The van der Waals surface area contributed by atoms with Crippen molar-refractivity contribution >= 4 is 0 Å². The van der Waals surface area contributed by atoms with Gasteiger partial charge in [0.1, 0.15) is 0 Å². The number of hydrogen-bond donors (Lipinski definition) is 1. The molecule has 21 heavy (non-hydrogen) atoms. The minimum absolute atomic E-state index is 0.0958. The van der Waals surface area contributed by atoms with Crippen molar-refractivity contribution in [3.63, 3.8) is 0 Å². The van der Waals surface area contributed by atoms with E-state index in [0.717, 1.165) is 24.9 Å². The first-order valence-electron chi connectivity index (χ1n) is 7.36. The van der Waals surface area contributed by atoms with Crippen molar-refractivity contribution in [2.45, 2.75) is 32.4 Å². The lowest BCUT2D eigenvalue weighted by Gasteiger charge is -2.34. The zero-order valence-electron chi connectivity index (χ0n) is 12.5. The molecule has 1 aliphatic carbocycles. The highest BCUT2D eigenvalue weighted by atomic mass is 16.5. The molecule has 0 aliphatic heterocycles. The van der Waals surface area contributed by atoms with Crippen molar-refractivity contribution in [3.05, 3.63) is 35.7 Å². The number of benzene rings is 1. The maximum atomic E-state index is 9.31. The summed E-state index contributed by atoms with van der Waals surface area (Å²) in [7, 11) is 2.05. The first-order chi connectivity index (χ1) is 10.1. The summed E-state index contributed by atoms with van der Waals surface area (Å²) < 4.78 is 5.34. The molecule has 1 aliphatic rings. The summed E-state index contributed by atoms with van der Waals surface area (Å²) in [4.78, 5) is 6.64. The van der Waals surface area contributed by atoms with Crippen LogP contribution in [-0.4, -0.2) is 39.8 Å². The predicted octanol–water partition coefficient (Wildman–Crippen LogP) is 2.25. The fourth-order valence-corrected chi connectivity index (χ4v) is 2.81. The Bertz CT molecular complexity index is 605. The van der Waals surface area contributed by atoms with Gasteiger partial charge in [-0.25, -0.2) is 0 Å². The minimum atomic E-state index is -0.0958. The van der Waals surface area contributed by atoms with Gasteiger partial charge in [-0.1, -0.05) is 22.9 Å². The Kier molecular flexibility index (Phi) is 4.03. The normalized spacial score (nSPS) is 21.5. The Labute approximate surface area is 124 Å². The topological polar surface area (TPSA) is 62.4 Å². The second-order valence-corrected chi connectivity index (χ2v) is 6.07. The SMILES string of the molecule is Cc1cccc(-c2nc(CN(C)CC3CC(O)C3)no2)c1. The van der Waals surface area contributed by atoms with E-state index >= 15 is 0 Å². The fraction of sp³-hybridized carbons (Fsp3) is 0.500. The van der Waals surface area contributed by atoms with Crippen LogP contribution in [0.4, 0.5) is 0 Å². The van der Waals surface area contributed by atoms with Gasteiger partial charge in [0, 0.05) is 12.1 Å². The zero-order chi connectivity index (χ0) is 14.8. The third kappa shape index (κ3) is 3.49. The molecule has 0 bridgehead atoms. The third-order valence-corrected chi connectivity index (χ3v) is 3.93. The number of rotatable bonds is 5. The summed E-state index contributed by atoms with van der Waals surface area (Å²) in [5, 5.41) is 13.4. The molecule has 1 heterocycles. The monoisotopic (exact) mass is 287 g/mol. The standard InChI is InChI=1S/C16H21N3O2/c1-11-4-3-5-13(6-11)16-17-15(18-21-16)10-19(2)9-12-7-14(20)8-12/h3-6,12,14,20H,7-10H2,1-2H3. The second-order valence-electron chi connectivity index (χ2n) is 6.07. The lowest BCUT2D eigenvalue weighted by atomic mass is 9.82. The Morgan fingerprint density at radius 1 is 1.38 bits per heavy atom. The highest BCUT2D eigenvalue weighted by molar-refractivity contribution is 5.53. The van der Waals surface area contributed by atoms with Gasteiger partial charge in [-0.2, -0.15) is 4.98 Å². The van der Waals surface area contributed by atoms with Crippen LogP contribution < -0.4 is 0 Å². The van der Waals surface area contributed by atoms with Crippen LogP contribution in [0.25, 0.3) is 11.5 Å². The number of aryl methyl sites for hydroxylation is 1. The molecule has 2 aromatic rings. The van der Waals surface area contributed by atoms with Crippen molar-refractivity contribution in [1.82, 2.24) is 15.0 Å². The number of aliphatic hydroxyl groups is 1. The zero-order valence-corrected chi connectivity index (χ0v) is 12.5. The molecular formula is C16H21N3O2. The molecule has 0 atom stereocenters. The molecule has 0 saturated heterocycles. The first kappa shape index (κ1) is 14.2. The van der Waals surface area contributed by atoms with Crippen LogP contribution in [0.15, 0.2) is 28.8 Å². The number of aliphatic hydroxyl groups excluding tert-OH is 1. The molecule has 112 valence electrons. The van der Waals surface area contributed by atoms with E-state index in [9.17, 15) is 5.11 Å². The van der Waals surface area contributed by atoms with E-state index in [-0.39, 0.29) is 6.10 Å². The minimum Gasteiger partial charge on any atom is -0.393 e. The number of aromatic nitrogens is 2.